The smallest absolute Gasteiger partial charge is 0.235 e. The highest BCUT2D eigenvalue weighted by molar-refractivity contribution is 6.06. The van der Waals surface area contributed by atoms with E-state index in [9.17, 15) is 9.59 Å². The average molecular weight is 322 g/mol. The molecule has 124 valence electrons. The number of rotatable bonds is 3. The van der Waals surface area contributed by atoms with Crippen LogP contribution in [-0.4, -0.2) is 23.4 Å². The molecule has 0 unspecified atom stereocenters. The Kier molecular flexibility index (Phi) is 2.80. The summed E-state index contributed by atoms with van der Waals surface area (Å²) in [5.74, 6) is 1.78. The second kappa shape index (κ2) is 4.71. The molecule has 2 saturated carbocycles. The van der Waals surface area contributed by atoms with Crippen LogP contribution in [0, 0.1) is 49.4 Å². The molecule has 2 bridgehead atoms. The second-order valence-electron chi connectivity index (χ2n) is 7.89. The number of amides is 2. The van der Waals surface area contributed by atoms with Gasteiger partial charge >= 0.3 is 0 Å². The average Bonchev–Trinajstić information content (AvgIpc) is 3.35. The van der Waals surface area contributed by atoms with Crippen molar-refractivity contribution in [3.05, 3.63) is 41.5 Å². The van der Waals surface area contributed by atoms with Crippen LogP contribution in [0.1, 0.15) is 17.5 Å². The highest BCUT2D eigenvalue weighted by atomic mass is 16.2. The Morgan fingerprint density at radius 1 is 1.00 bits per heavy atom. The number of allylic oxidation sites excluding steroid dienone is 2. The number of hydrogen-bond donors (Lipinski definition) is 1. The molecule has 6 atom stereocenters. The van der Waals surface area contributed by atoms with Gasteiger partial charge in [-0.15, -0.1) is 0 Å². The summed E-state index contributed by atoms with van der Waals surface area (Å²) in [4.78, 5) is 27.2. The van der Waals surface area contributed by atoms with Gasteiger partial charge in [0, 0.05) is 5.69 Å². The van der Waals surface area contributed by atoms with Crippen molar-refractivity contribution < 1.29 is 9.59 Å². The third-order valence-corrected chi connectivity index (χ3v) is 6.70. The van der Waals surface area contributed by atoms with E-state index in [4.69, 9.17) is 0 Å². The third kappa shape index (κ3) is 1.80. The Morgan fingerprint density at radius 3 is 2.21 bits per heavy atom. The maximum absolute atomic E-state index is 12.9. The van der Waals surface area contributed by atoms with Crippen LogP contribution >= 0.6 is 0 Å². The zero-order chi connectivity index (χ0) is 16.6. The first-order chi connectivity index (χ1) is 11.6. The van der Waals surface area contributed by atoms with Crippen LogP contribution in [0.15, 0.2) is 30.4 Å². The lowest BCUT2D eigenvalue weighted by molar-refractivity contribution is -0.139. The van der Waals surface area contributed by atoms with E-state index in [1.165, 1.54) is 22.4 Å². The van der Waals surface area contributed by atoms with Gasteiger partial charge in [-0.05, 0) is 67.2 Å². The molecule has 4 heteroatoms. The van der Waals surface area contributed by atoms with Crippen LogP contribution in [0.25, 0.3) is 0 Å². The van der Waals surface area contributed by atoms with Gasteiger partial charge in [-0.3, -0.25) is 14.5 Å². The summed E-state index contributed by atoms with van der Waals surface area (Å²) in [6.45, 7) is 4.42. The number of carbonyl (C=O) groups excluding carboxylic acids is 2. The molecular weight excluding hydrogens is 300 g/mol. The number of hydrogen-bond acceptors (Lipinski definition) is 3. The lowest BCUT2D eigenvalue weighted by Crippen LogP contribution is -2.40. The summed E-state index contributed by atoms with van der Waals surface area (Å²) >= 11 is 0. The first-order valence-corrected chi connectivity index (χ1v) is 8.91. The van der Waals surface area contributed by atoms with Crippen molar-refractivity contribution in [2.24, 2.45) is 35.5 Å². The van der Waals surface area contributed by atoms with E-state index >= 15 is 0 Å². The van der Waals surface area contributed by atoms with E-state index in [0.717, 1.165) is 5.69 Å². The molecular formula is C20H22N2O2. The van der Waals surface area contributed by atoms with Crippen LogP contribution in [-0.2, 0) is 9.59 Å². The van der Waals surface area contributed by atoms with Gasteiger partial charge in [-0.25, -0.2) is 0 Å². The predicted octanol–water partition coefficient (Wildman–Crippen LogP) is 2.73. The van der Waals surface area contributed by atoms with Gasteiger partial charge in [0.25, 0.3) is 0 Å². The summed E-state index contributed by atoms with van der Waals surface area (Å²) in [5.41, 5.74) is 3.40. The van der Waals surface area contributed by atoms with E-state index in [1.807, 2.05) is 6.07 Å². The summed E-state index contributed by atoms with van der Waals surface area (Å²) in [5, 5.41) is 3.26. The fourth-order valence-corrected chi connectivity index (χ4v) is 5.20. The lowest BCUT2D eigenvalue weighted by Gasteiger charge is -2.37. The number of aryl methyl sites for hydroxylation is 2. The van der Waals surface area contributed by atoms with Crippen LogP contribution < -0.4 is 5.32 Å². The molecule has 6 rings (SSSR count). The quantitative estimate of drug-likeness (QED) is 0.688. The highest BCUT2D eigenvalue weighted by Gasteiger charge is 2.66. The summed E-state index contributed by atoms with van der Waals surface area (Å²) < 4.78 is 0. The van der Waals surface area contributed by atoms with E-state index < -0.39 is 0 Å². The molecule has 2 amide bonds. The molecule has 1 saturated heterocycles. The number of likely N-dealkylation sites (tertiary alicyclic amines) is 1. The number of benzene rings is 1. The number of nitrogens with zero attached hydrogens (tertiary/aromatic N) is 1. The fraction of sp³-hybridized carbons (Fsp3) is 0.500. The Labute approximate surface area is 141 Å². The molecule has 1 aromatic carbocycles. The van der Waals surface area contributed by atoms with Gasteiger partial charge in [0.15, 0.2) is 0 Å². The number of anilines is 1. The van der Waals surface area contributed by atoms with Gasteiger partial charge < -0.3 is 5.32 Å². The predicted molar refractivity (Wildman–Crippen MR) is 91.0 cm³/mol. The van der Waals surface area contributed by atoms with E-state index in [2.05, 4.69) is 43.4 Å². The van der Waals surface area contributed by atoms with Crippen molar-refractivity contribution in [2.45, 2.75) is 20.3 Å². The lowest BCUT2D eigenvalue weighted by atomic mass is 9.63. The first-order valence-electron chi connectivity index (χ1n) is 8.91. The topological polar surface area (TPSA) is 49.4 Å². The van der Waals surface area contributed by atoms with Crippen molar-refractivity contribution in [1.82, 2.24) is 4.90 Å². The maximum atomic E-state index is 12.9. The minimum absolute atomic E-state index is 0.0334. The minimum atomic E-state index is -0.0993. The number of nitrogens with one attached hydrogen (secondary N) is 1. The number of carbonyl (C=O) groups is 2. The third-order valence-electron chi connectivity index (χ3n) is 6.70. The van der Waals surface area contributed by atoms with Crippen molar-refractivity contribution in [3.63, 3.8) is 0 Å². The molecule has 0 radical (unpaired) electrons. The summed E-state index contributed by atoms with van der Waals surface area (Å²) in [6, 6.07) is 6.12. The molecule has 4 aliphatic carbocycles. The highest BCUT2D eigenvalue weighted by Crippen LogP contribution is 2.65. The molecule has 0 spiro atoms. The minimum Gasteiger partial charge on any atom is -0.367 e. The van der Waals surface area contributed by atoms with Crippen molar-refractivity contribution in [2.75, 3.05) is 12.0 Å². The fourth-order valence-electron chi connectivity index (χ4n) is 5.20. The Morgan fingerprint density at radius 2 is 1.62 bits per heavy atom. The standard InChI is InChI=1S/C20H22N2O2/c1-10-3-4-12(7-11(10)2)21-9-22-19(23)17-13-5-6-14(16-8-15(13)16)18(17)20(22)24/h3-7,13-18,21H,8-9H2,1-2H3/t13-,14-,15-,16+,17+,18+/m1/s1. The number of imide groups is 1. The zero-order valence-electron chi connectivity index (χ0n) is 14.0. The van der Waals surface area contributed by atoms with E-state index in [-0.39, 0.29) is 30.3 Å². The van der Waals surface area contributed by atoms with Crippen LogP contribution in [0.3, 0.4) is 0 Å². The van der Waals surface area contributed by atoms with Crippen LogP contribution in [0.5, 0.6) is 0 Å². The van der Waals surface area contributed by atoms with E-state index in [1.54, 1.807) is 0 Å². The largest absolute Gasteiger partial charge is 0.367 e. The van der Waals surface area contributed by atoms with Gasteiger partial charge in [-0.1, -0.05) is 18.2 Å². The van der Waals surface area contributed by atoms with Gasteiger partial charge in [-0.2, -0.15) is 0 Å². The van der Waals surface area contributed by atoms with Crippen molar-refractivity contribution >= 4 is 17.5 Å². The molecule has 3 fully saturated rings. The first kappa shape index (κ1) is 14.3. The molecule has 1 aliphatic heterocycles. The summed E-state index contributed by atoms with van der Waals surface area (Å²) in [6.07, 6.45) is 5.63. The Bertz CT molecular complexity index is 748. The molecule has 0 aromatic heterocycles. The van der Waals surface area contributed by atoms with Crippen molar-refractivity contribution in [1.29, 1.82) is 0 Å². The molecule has 1 heterocycles. The normalized spacial score (nSPS) is 38.3. The zero-order valence-corrected chi connectivity index (χ0v) is 14.0. The Balaban J connectivity index is 1.36. The van der Waals surface area contributed by atoms with Crippen LogP contribution in [0.4, 0.5) is 5.69 Å². The second-order valence-corrected chi connectivity index (χ2v) is 7.89. The van der Waals surface area contributed by atoms with Crippen LogP contribution in [0.2, 0.25) is 0 Å². The van der Waals surface area contributed by atoms with Crippen molar-refractivity contribution in [3.8, 4) is 0 Å². The molecule has 1 N–H and O–H groups in total. The Hall–Kier alpha value is -2.10. The molecule has 5 aliphatic rings. The van der Waals surface area contributed by atoms with Gasteiger partial charge in [0.05, 0.1) is 18.5 Å². The summed E-state index contributed by atoms with van der Waals surface area (Å²) in [7, 11) is 0. The molecule has 24 heavy (non-hydrogen) atoms. The SMILES string of the molecule is Cc1ccc(NCN2C(=O)[C@H]3[C@@H]4C=C[C@H]([C@@H]5C[C@H]45)[C@@H]3C2=O)cc1C. The van der Waals surface area contributed by atoms with E-state index in [0.29, 0.717) is 23.7 Å². The van der Waals surface area contributed by atoms with Gasteiger partial charge in [0.2, 0.25) is 11.8 Å². The van der Waals surface area contributed by atoms with Gasteiger partial charge in [0.1, 0.15) is 0 Å². The molecule has 1 aromatic rings. The molecule has 4 nitrogen and oxygen atoms in total. The monoisotopic (exact) mass is 322 g/mol. The maximum Gasteiger partial charge on any atom is 0.235 e.